The third-order valence-corrected chi connectivity index (χ3v) is 3.90. The summed E-state index contributed by atoms with van der Waals surface area (Å²) in [4.78, 5) is 22.7. The van der Waals surface area contributed by atoms with Crippen molar-refractivity contribution in [2.75, 3.05) is 18.0 Å². The van der Waals surface area contributed by atoms with Gasteiger partial charge in [0.15, 0.2) is 0 Å². The normalized spacial score (nSPS) is 18.0. The summed E-state index contributed by atoms with van der Waals surface area (Å²) >= 11 is 5.59. The van der Waals surface area contributed by atoms with E-state index in [0.29, 0.717) is 19.5 Å². The number of rotatable bonds is 5. The van der Waals surface area contributed by atoms with Gasteiger partial charge in [-0.15, -0.1) is 0 Å². The predicted molar refractivity (Wildman–Crippen MR) is 75.3 cm³/mol. The molecule has 0 aromatic heterocycles. The lowest BCUT2D eigenvalue weighted by molar-refractivity contribution is -0.384. The highest BCUT2D eigenvalue weighted by atomic mass is 35.5. The average molecular weight is 317 g/mol. The molecule has 1 fully saturated rings. The number of benzene rings is 1. The Morgan fingerprint density at radius 1 is 1.57 bits per heavy atom. The van der Waals surface area contributed by atoms with E-state index in [9.17, 15) is 19.3 Å². The van der Waals surface area contributed by atoms with Crippen molar-refractivity contribution < 1.29 is 19.2 Å². The Kier molecular flexibility index (Phi) is 4.62. The zero-order valence-corrected chi connectivity index (χ0v) is 11.8. The maximum atomic E-state index is 13.6. The van der Waals surface area contributed by atoms with Crippen LogP contribution in [0.15, 0.2) is 12.1 Å². The van der Waals surface area contributed by atoms with E-state index in [1.165, 1.54) is 0 Å². The summed E-state index contributed by atoms with van der Waals surface area (Å²) in [7, 11) is 0. The van der Waals surface area contributed by atoms with Gasteiger partial charge in [0, 0.05) is 31.6 Å². The molecular weight excluding hydrogens is 303 g/mol. The second-order valence-corrected chi connectivity index (χ2v) is 5.45. The summed E-state index contributed by atoms with van der Waals surface area (Å²) in [5.74, 6) is -1.43. The molecule has 0 bridgehead atoms. The van der Waals surface area contributed by atoms with Crippen molar-refractivity contribution in [3.05, 3.63) is 33.1 Å². The lowest BCUT2D eigenvalue weighted by Gasteiger charge is -2.19. The molecule has 1 aliphatic heterocycles. The minimum atomic E-state index is -0.864. The summed E-state index contributed by atoms with van der Waals surface area (Å²) in [6.45, 7) is 1.02. The van der Waals surface area contributed by atoms with Gasteiger partial charge in [0.05, 0.1) is 9.95 Å². The van der Waals surface area contributed by atoms with Gasteiger partial charge in [0.2, 0.25) is 0 Å². The zero-order chi connectivity index (χ0) is 15.6. The molecule has 6 nitrogen and oxygen atoms in total. The molecule has 1 aromatic rings. The third kappa shape index (κ3) is 3.60. The van der Waals surface area contributed by atoms with Gasteiger partial charge in [-0.25, -0.2) is 4.39 Å². The minimum Gasteiger partial charge on any atom is -0.481 e. The second-order valence-electron chi connectivity index (χ2n) is 5.05. The molecular formula is C13H14ClFN2O4. The fourth-order valence-electron chi connectivity index (χ4n) is 2.54. The van der Waals surface area contributed by atoms with Crippen LogP contribution in [-0.2, 0) is 4.79 Å². The Balaban J connectivity index is 2.17. The molecule has 114 valence electrons. The maximum absolute atomic E-state index is 13.6. The highest BCUT2D eigenvalue weighted by molar-refractivity contribution is 6.31. The molecule has 1 N–H and O–H groups in total. The lowest BCUT2D eigenvalue weighted by atomic mass is 10.0. The summed E-state index contributed by atoms with van der Waals surface area (Å²) < 4.78 is 13.6. The number of carboxylic acids is 1. The van der Waals surface area contributed by atoms with Crippen LogP contribution in [0.5, 0.6) is 0 Å². The van der Waals surface area contributed by atoms with Gasteiger partial charge in [-0.05, 0) is 18.8 Å². The van der Waals surface area contributed by atoms with Crippen molar-refractivity contribution in [1.29, 1.82) is 0 Å². The highest BCUT2D eigenvalue weighted by Crippen LogP contribution is 2.36. The first-order valence-electron chi connectivity index (χ1n) is 6.48. The quantitative estimate of drug-likeness (QED) is 0.666. The van der Waals surface area contributed by atoms with Crippen LogP contribution in [0, 0.1) is 21.8 Å². The molecule has 1 aliphatic rings. The smallest absolute Gasteiger partial charge is 0.303 e. The topological polar surface area (TPSA) is 83.7 Å². The molecule has 0 saturated carbocycles. The number of carboxylic acid groups (broad SMARTS) is 1. The molecule has 1 atom stereocenters. The zero-order valence-electron chi connectivity index (χ0n) is 11.1. The molecule has 0 spiro atoms. The van der Waals surface area contributed by atoms with E-state index in [1.807, 2.05) is 0 Å². The second kappa shape index (κ2) is 6.26. The third-order valence-electron chi connectivity index (χ3n) is 3.61. The van der Waals surface area contributed by atoms with Crippen LogP contribution in [0.4, 0.5) is 15.8 Å². The number of aliphatic carboxylic acids is 1. The number of nitro benzene ring substituents is 1. The Morgan fingerprint density at radius 3 is 2.90 bits per heavy atom. The molecule has 1 unspecified atom stereocenters. The van der Waals surface area contributed by atoms with Crippen LogP contribution in [-0.4, -0.2) is 29.1 Å². The van der Waals surface area contributed by atoms with E-state index >= 15 is 0 Å². The number of nitrogens with zero attached hydrogens (tertiary/aromatic N) is 2. The van der Waals surface area contributed by atoms with Crippen LogP contribution in [0.25, 0.3) is 0 Å². The Bertz CT molecular complexity index is 582. The van der Waals surface area contributed by atoms with Crippen molar-refractivity contribution >= 4 is 28.9 Å². The van der Waals surface area contributed by atoms with Gasteiger partial charge in [-0.1, -0.05) is 11.6 Å². The van der Waals surface area contributed by atoms with E-state index in [4.69, 9.17) is 16.7 Å². The van der Waals surface area contributed by atoms with E-state index in [1.54, 1.807) is 4.90 Å². The molecule has 0 aliphatic carbocycles. The molecule has 0 radical (unpaired) electrons. The van der Waals surface area contributed by atoms with Crippen LogP contribution in [0.2, 0.25) is 5.02 Å². The van der Waals surface area contributed by atoms with E-state index in [2.05, 4.69) is 0 Å². The van der Waals surface area contributed by atoms with Crippen LogP contribution < -0.4 is 4.90 Å². The minimum absolute atomic E-state index is 0.0651. The van der Waals surface area contributed by atoms with Gasteiger partial charge in [-0.2, -0.15) is 0 Å². The summed E-state index contributed by atoms with van der Waals surface area (Å²) in [6, 6.07) is 2.08. The first kappa shape index (κ1) is 15.5. The Labute approximate surface area is 125 Å². The van der Waals surface area contributed by atoms with Crippen molar-refractivity contribution in [2.45, 2.75) is 19.3 Å². The largest absolute Gasteiger partial charge is 0.481 e. The van der Waals surface area contributed by atoms with Gasteiger partial charge >= 0.3 is 5.97 Å². The number of anilines is 1. The number of carbonyl (C=O) groups is 1. The Morgan fingerprint density at radius 2 is 2.29 bits per heavy atom. The number of nitro groups is 1. The molecule has 1 saturated heterocycles. The first-order valence-corrected chi connectivity index (χ1v) is 6.86. The summed E-state index contributed by atoms with van der Waals surface area (Å²) in [6.07, 6.45) is 1.31. The monoisotopic (exact) mass is 316 g/mol. The average Bonchev–Trinajstić information content (AvgIpc) is 2.87. The predicted octanol–water partition coefficient (Wildman–Crippen LogP) is 3.08. The maximum Gasteiger partial charge on any atom is 0.303 e. The Hall–Kier alpha value is -1.89. The molecule has 1 heterocycles. The van der Waals surface area contributed by atoms with Crippen molar-refractivity contribution in [3.63, 3.8) is 0 Å². The lowest BCUT2D eigenvalue weighted by Crippen LogP contribution is -2.21. The van der Waals surface area contributed by atoms with Crippen molar-refractivity contribution in [1.82, 2.24) is 0 Å². The van der Waals surface area contributed by atoms with Gasteiger partial charge in [-0.3, -0.25) is 14.9 Å². The van der Waals surface area contributed by atoms with Gasteiger partial charge in [0.1, 0.15) is 11.5 Å². The van der Waals surface area contributed by atoms with E-state index in [0.717, 1.165) is 18.6 Å². The van der Waals surface area contributed by atoms with Crippen molar-refractivity contribution in [3.8, 4) is 0 Å². The molecule has 8 heteroatoms. The SMILES string of the molecule is O=C(O)CCC1CCN(c2cc(F)c(Cl)cc2[N+](=O)[O-])C1. The fraction of sp³-hybridized carbons (Fsp3) is 0.462. The summed E-state index contributed by atoms with van der Waals surface area (Å²) in [5, 5.41) is 19.4. The van der Waals surface area contributed by atoms with E-state index in [-0.39, 0.29) is 28.7 Å². The van der Waals surface area contributed by atoms with E-state index < -0.39 is 16.7 Å². The number of hydrogen-bond donors (Lipinski definition) is 1. The number of halogens is 2. The summed E-state index contributed by atoms with van der Waals surface area (Å²) in [5.41, 5.74) is -0.0417. The number of hydrogen-bond acceptors (Lipinski definition) is 4. The fourth-order valence-corrected chi connectivity index (χ4v) is 2.70. The molecule has 1 aromatic carbocycles. The molecule has 2 rings (SSSR count). The van der Waals surface area contributed by atoms with Gasteiger partial charge in [0.25, 0.3) is 5.69 Å². The molecule has 21 heavy (non-hydrogen) atoms. The highest BCUT2D eigenvalue weighted by Gasteiger charge is 2.29. The molecule has 0 amide bonds. The van der Waals surface area contributed by atoms with Gasteiger partial charge < -0.3 is 10.0 Å². The van der Waals surface area contributed by atoms with Crippen molar-refractivity contribution in [2.24, 2.45) is 5.92 Å². The van der Waals surface area contributed by atoms with Crippen LogP contribution in [0.3, 0.4) is 0 Å². The van der Waals surface area contributed by atoms with Crippen LogP contribution >= 0.6 is 11.6 Å². The first-order chi connectivity index (χ1) is 9.88. The van der Waals surface area contributed by atoms with Crippen LogP contribution in [0.1, 0.15) is 19.3 Å². The standard InChI is InChI=1S/C13H14ClFN2O4/c14-9-5-12(17(20)21)11(6-10(9)15)16-4-3-8(7-16)1-2-13(18)19/h5-6,8H,1-4,7H2,(H,18,19).